The third-order valence-electron chi connectivity index (χ3n) is 5.06. The van der Waals surface area contributed by atoms with Crippen LogP contribution < -0.4 is 5.32 Å². The number of halogens is 3. The van der Waals surface area contributed by atoms with Crippen LogP contribution in [0.25, 0.3) is 10.6 Å². The van der Waals surface area contributed by atoms with Crippen molar-refractivity contribution < 1.29 is 22.8 Å². The fourth-order valence-electron chi connectivity index (χ4n) is 3.41. The number of alkyl halides is 3. The minimum absolute atomic E-state index is 0.0641. The molecule has 1 aliphatic rings. The molecule has 3 aromatic rings. The number of thiazole rings is 1. The standard InChI is InChI=1S/C22H18F3N3O2S/c23-22(24,25)17-7-3-6-15(10-17)21-27-18(13-31-21)20(30)26-11-19(29)28-9-8-14-4-1-2-5-16(14)12-28/h1-7,10,13H,8-9,11-12H2,(H,26,30). The molecule has 0 saturated heterocycles. The molecule has 5 nitrogen and oxygen atoms in total. The van der Waals surface area contributed by atoms with Crippen LogP contribution >= 0.6 is 11.3 Å². The highest BCUT2D eigenvalue weighted by Crippen LogP contribution is 2.33. The van der Waals surface area contributed by atoms with Gasteiger partial charge in [-0.05, 0) is 29.7 Å². The largest absolute Gasteiger partial charge is 0.416 e. The molecule has 0 fully saturated rings. The van der Waals surface area contributed by atoms with Crippen molar-refractivity contribution in [1.82, 2.24) is 15.2 Å². The number of fused-ring (bicyclic) bond motifs is 1. The van der Waals surface area contributed by atoms with Crippen molar-refractivity contribution in [3.63, 3.8) is 0 Å². The normalized spacial score (nSPS) is 13.6. The van der Waals surface area contributed by atoms with Gasteiger partial charge in [-0.2, -0.15) is 13.2 Å². The third kappa shape index (κ3) is 4.77. The zero-order chi connectivity index (χ0) is 22.0. The molecule has 9 heteroatoms. The molecule has 0 atom stereocenters. The number of nitrogens with zero attached hydrogens (tertiary/aromatic N) is 2. The molecule has 1 aliphatic heterocycles. The van der Waals surface area contributed by atoms with E-state index in [9.17, 15) is 22.8 Å². The molecule has 1 N–H and O–H groups in total. The Morgan fingerprint density at radius 3 is 2.65 bits per heavy atom. The Labute approximate surface area is 180 Å². The van der Waals surface area contributed by atoms with Crippen molar-refractivity contribution in [2.45, 2.75) is 19.1 Å². The highest BCUT2D eigenvalue weighted by atomic mass is 32.1. The van der Waals surface area contributed by atoms with Crippen LogP contribution in [0.1, 0.15) is 27.2 Å². The lowest BCUT2D eigenvalue weighted by Gasteiger charge is -2.28. The van der Waals surface area contributed by atoms with Gasteiger partial charge in [-0.3, -0.25) is 9.59 Å². The number of nitrogens with one attached hydrogen (secondary N) is 1. The Morgan fingerprint density at radius 2 is 1.87 bits per heavy atom. The average molecular weight is 445 g/mol. The Kier molecular flexibility index (Phi) is 5.77. The SMILES string of the molecule is O=C(NCC(=O)N1CCc2ccccc2C1)c1csc(-c2cccc(C(F)(F)F)c2)n1. The van der Waals surface area contributed by atoms with Crippen LogP contribution in [-0.4, -0.2) is 34.8 Å². The summed E-state index contributed by atoms with van der Waals surface area (Å²) in [6.07, 6.45) is -3.69. The maximum atomic E-state index is 12.9. The van der Waals surface area contributed by atoms with E-state index in [4.69, 9.17) is 0 Å². The summed E-state index contributed by atoms with van der Waals surface area (Å²) in [5.74, 6) is -0.739. The van der Waals surface area contributed by atoms with Crippen LogP contribution in [0.3, 0.4) is 0 Å². The van der Waals surface area contributed by atoms with E-state index in [1.807, 2.05) is 24.3 Å². The van der Waals surface area contributed by atoms with Gasteiger partial charge in [-0.15, -0.1) is 11.3 Å². The molecule has 4 rings (SSSR count). The number of hydrogen-bond donors (Lipinski definition) is 1. The Morgan fingerprint density at radius 1 is 1.10 bits per heavy atom. The first kappa shape index (κ1) is 21.0. The lowest BCUT2D eigenvalue weighted by molar-refractivity contribution is -0.137. The lowest BCUT2D eigenvalue weighted by Crippen LogP contribution is -2.42. The molecule has 2 aromatic carbocycles. The van der Waals surface area contributed by atoms with E-state index in [0.29, 0.717) is 18.1 Å². The summed E-state index contributed by atoms with van der Waals surface area (Å²) < 4.78 is 38.7. The molecule has 2 heterocycles. The molecular formula is C22H18F3N3O2S. The first-order valence-corrected chi connectivity index (χ1v) is 10.4. The summed E-state index contributed by atoms with van der Waals surface area (Å²) in [5, 5.41) is 4.32. The van der Waals surface area contributed by atoms with Crippen LogP contribution in [0.15, 0.2) is 53.9 Å². The van der Waals surface area contributed by atoms with Crippen LogP contribution in [0.4, 0.5) is 13.2 Å². The van der Waals surface area contributed by atoms with Gasteiger partial charge in [0.05, 0.1) is 12.1 Å². The summed E-state index contributed by atoms with van der Waals surface area (Å²) in [5.41, 5.74) is 1.88. The minimum Gasteiger partial charge on any atom is -0.342 e. The molecule has 1 aromatic heterocycles. The van der Waals surface area contributed by atoms with Crippen molar-refractivity contribution in [3.05, 3.63) is 76.3 Å². The van der Waals surface area contributed by atoms with Gasteiger partial charge in [-0.1, -0.05) is 36.4 Å². The number of rotatable bonds is 4. The van der Waals surface area contributed by atoms with Gasteiger partial charge in [0.25, 0.3) is 5.91 Å². The molecule has 0 saturated carbocycles. The van der Waals surface area contributed by atoms with Crippen LogP contribution in [0.2, 0.25) is 0 Å². The predicted octanol–water partition coefficient (Wildman–Crippen LogP) is 4.14. The quantitative estimate of drug-likeness (QED) is 0.657. The van der Waals surface area contributed by atoms with Crippen LogP contribution in [0.5, 0.6) is 0 Å². The number of amides is 2. The first-order chi connectivity index (χ1) is 14.8. The molecule has 160 valence electrons. The van der Waals surface area contributed by atoms with E-state index in [2.05, 4.69) is 10.3 Å². The molecule has 0 radical (unpaired) electrons. The van der Waals surface area contributed by atoms with Gasteiger partial charge in [-0.25, -0.2) is 4.98 Å². The third-order valence-corrected chi connectivity index (χ3v) is 5.95. The van der Waals surface area contributed by atoms with Gasteiger partial charge in [0.15, 0.2) is 0 Å². The number of benzene rings is 2. The summed E-state index contributed by atoms with van der Waals surface area (Å²) in [6, 6.07) is 12.7. The molecule has 0 spiro atoms. The van der Waals surface area contributed by atoms with Gasteiger partial charge in [0.2, 0.25) is 5.91 Å². The molecule has 31 heavy (non-hydrogen) atoms. The van der Waals surface area contributed by atoms with Crippen LogP contribution in [0, 0.1) is 0 Å². The van der Waals surface area contributed by atoms with E-state index >= 15 is 0 Å². The van der Waals surface area contributed by atoms with E-state index in [1.165, 1.54) is 23.1 Å². The zero-order valence-electron chi connectivity index (χ0n) is 16.3. The molecule has 2 amide bonds. The zero-order valence-corrected chi connectivity index (χ0v) is 17.1. The maximum absolute atomic E-state index is 12.9. The predicted molar refractivity (Wildman–Crippen MR) is 110 cm³/mol. The summed E-state index contributed by atoms with van der Waals surface area (Å²) in [7, 11) is 0. The Balaban J connectivity index is 1.37. The molecule has 0 unspecified atom stereocenters. The number of carbonyl (C=O) groups excluding carboxylic acids is 2. The number of carbonyl (C=O) groups is 2. The highest BCUT2D eigenvalue weighted by molar-refractivity contribution is 7.13. The molecular weight excluding hydrogens is 427 g/mol. The monoisotopic (exact) mass is 445 g/mol. The van der Waals surface area contributed by atoms with E-state index in [0.717, 1.165) is 35.5 Å². The maximum Gasteiger partial charge on any atom is 0.416 e. The molecule has 0 aliphatic carbocycles. The van der Waals surface area contributed by atoms with E-state index in [1.54, 1.807) is 4.90 Å². The van der Waals surface area contributed by atoms with Gasteiger partial charge in [0.1, 0.15) is 10.7 Å². The van der Waals surface area contributed by atoms with Crippen molar-refractivity contribution in [3.8, 4) is 10.6 Å². The second-order valence-electron chi connectivity index (χ2n) is 7.13. The number of aromatic nitrogens is 1. The van der Waals surface area contributed by atoms with E-state index < -0.39 is 17.6 Å². The first-order valence-electron chi connectivity index (χ1n) is 9.57. The highest BCUT2D eigenvalue weighted by Gasteiger charge is 2.30. The fraction of sp³-hybridized carbons (Fsp3) is 0.227. The summed E-state index contributed by atoms with van der Waals surface area (Å²) in [4.78, 5) is 30.7. The Hall–Kier alpha value is -3.20. The smallest absolute Gasteiger partial charge is 0.342 e. The second-order valence-corrected chi connectivity index (χ2v) is 7.99. The second kappa shape index (κ2) is 8.50. The van der Waals surface area contributed by atoms with Gasteiger partial charge < -0.3 is 10.2 Å². The minimum atomic E-state index is -4.46. The average Bonchev–Trinajstić information content (AvgIpc) is 3.27. The number of hydrogen-bond acceptors (Lipinski definition) is 4. The topological polar surface area (TPSA) is 62.3 Å². The Bertz CT molecular complexity index is 1130. The lowest BCUT2D eigenvalue weighted by atomic mass is 10.00. The van der Waals surface area contributed by atoms with Crippen molar-refractivity contribution in [2.24, 2.45) is 0 Å². The van der Waals surface area contributed by atoms with Crippen molar-refractivity contribution in [2.75, 3.05) is 13.1 Å². The van der Waals surface area contributed by atoms with Crippen molar-refractivity contribution >= 4 is 23.2 Å². The molecule has 0 bridgehead atoms. The summed E-state index contributed by atoms with van der Waals surface area (Å²) in [6.45, 7) is 0.917. The van der Waals surface area contributed by atoms with Gasteiger partial charge in [0, 0.05) is 24.0 Å². The van der Waals surface area contributed by atoms with Gasteiger partial charge >= 0.3 is 6.18 Å². The van der Waals surface area contributed by atoms with E-state index in [-0.39, 0.29) is 23.7 Å². The summed E-state index contributed by atoms with van der Waals surface area (Å²) >= 11 is 1.07. The van der Waals surface area contributed by atoms with Crippen LogP contribution in [-0.2, 0) is 23.9 Å². The van der Waals surface area contributed by atoms with Crippen molar-refractivity contribution in [1.29, 1.82) is 0 Å². The fourth-order valence-corrected chi connectivity index (χ4v) is 4.20.